The monoisotopic (exact) mass is 318 g/mol. The largest absolute Gasteiger partial charge is 0.477 e. The number of aromatic nitrogens is 1. The molecule has 2 aromatic rings. The third kappa shape index (κ3) is 2.42. The summed E-state index contributed by atoms with van der Waals surface area (Å²) in [5.41, 5.74) is 6.98. The lowest BCUT2D eigenvalue weighted by Gasteiger charge is -2.27. The summed E-state index contributed by atoms with van der Waals surface area (Å²) in [5, 5.41) is 9.80. The molecule has 0 aliphatic carbocycles. The van der Waals surface area contributed by atoms with Gasteiger partial charge in [-0.3, -0.25) is 4.79 Å². The van der Waals surface area contributed by atoms with Crippen LogP contribution in [0.4, 0.5) is 0 Å². The first kappa shape index (κ1) is 15.1. The van der Waals surface area contributed by atoms with Gasteiger partial charge in [0.05, 0.1) is 5.52 Å². The quantitative estimate of drug-likeness (QED) is 0.845. The number of thioether (sulfide) groups is 1. The minimum atomic E-state index is -1.17. The average molecular weight is 318 g/mol. The zero-order valence-corrected chi connectivity index (χ0v) is 13.2. The second-order valence-electron chi connectivity index (χ2n) is 5.59. The summed E-state index contributed by atoms with van der Waals surface area (Å²) in [6, 6.07) is 4.10. The highest BCUT2D eigenvalue weighted by molar-refractivity contribution is 7.99. The molecule has 0 spiro atoms. The summed E-state index contributed by atoms with van der Waals surface area (Å²) in [4.78, 5) is 24.9. The molecule has 5 nitrogen and oxygen atoms in total. The molecule has 0 unspecified atom stereocenters. The van der Waals surface area contributed by atoms with Crippen molar-refractivity contribution in [2.24, 2.45) is 5.73 Å². The summed E-state index contributed by atoms with van der Waals surface area (Å²) in [6.07, 6.45) is 3.34. The van der Waals surface area contributed by atoms with Gasteiger partial charge in [-0.1, -0.05) is 0 Å². The number of aromatic carboxylic acids is 1. The smallest absolute Gasteiger partial charge is 0.341 e. The second-order valence-corrected chi connectivity index (χ2v) is 6.76. The van der Waals surface area contributed by atoms with Crippen LogP contribution in [0.1, 0.15) is 35.3 Å². The van der Waals surface area contributed by atoms with E-state index in [9.17, 15) is 14.7 Å². The van der Waals surface area contributed by atoms with Crippen LogP contribution in [0.2, 0.25) is 0 Å². The van der Waals surface area contributed by atoms with E-state index in [1.807, 2.05) is 10.6 Å². The van der Waals surface area contributed by atoms with E-state index in [0.717, 1.165) is 34.6 Å². The molecule has 0 amide bonds. The number of benzene rings is 1. The van der Waals surface area contributed by atoms with Crippen molar-refractivity contribution in [1.29, 1.82) is 0 Å². The highest BCUT2D eigenvalue weighted by Gasteiger charge is 2.23. The maximum Gasteiger partial charge on any atom is 0.341 e. The molecule has 0 fully saturated rings. The van der Waals surface area contributed by atoms with Gasteiger partial charge >= 0.3 is 5.97 Å². The van der Waals surface area contributed by atoms with Crippen LogP contribution in [0.15, 0.2) is 28.0 Å². The van der Waals surface area contributed by atoms with E-state index in [0.29, 0.717) is 11.9 Å². The number of nitrogens with two attached hydrogens (primary N) is 1. The van der Waals surface area contributed by atoms with Crippen molar-refractivity contribution in [2.75, 3.05) is 12.3 Å². The third-order valence-electron chi connectivity index (χ3n) is 4.10. The van der Waals surface area contributed by atoms with Crippen LogP contribution in [-0.2, 0) is 6.42 Å². The normalized spacial score (nSPS) is 16.9. The van der Waals surface area contributed by atoms with Gasteiger partial charge in [0.1, 0.15) is 5.56 Å². The predicted molar refractivity (Wildman–Crippen MR) is 88.0 cm³/mol. The first-order valence-electron chi connectivity index (χ1n) is 7.31. The van der Waals surface area contributed by atoms with Gasteiger partial charge in [-0.25, -0.2) is 4.79 Å². The van der Waals surface area contributed by atoms with Crippen LogP contribution in [-0.4, -0.2) is 27.9 Å². The molecule has 22 heavy (non-hydrogen) atoms. The fraction of sp³-hybridized carbons (Fsp3) is 0.375. The fourth-order valence-electron chi connectivity index (χ4n) is 3.00. The zero-order chi connectivity index (χ0) is 15.9. The maximum absolute atomic E-state index is 12.5. The summed E-state index contributed by atoms with van der Waals surface area (Å²) in [6.45, 7) is 2.62. The van der Waals surface area contributed by atoms with Gasteiger partial charge in [0, 0.05) is 34.8 Å². The molecule has 116 valence electrons. The number of nitrogens with zero attached hydrogens (tertiary/aromatic N) is 1. The lowest BCUT2D eigenvalue weighted by atomic mass is 9.96. The highest BCUT2D eigenvalue weighted by Crippen LogP contribution is 2.33. The summed E-state index contributed by atoms with van der Waals surface area (Å²) in [7, 11) is 0. The molecule has 0 saturated carbocycles. The highest BCUT2D eigenvalue weighted by atomic mass is 32.2. The molecule has 0 radical (unpaired) electrons. The van der Waals surface area contributed by atoms with Crippen LogP contribution in [0.3, 0.4) is 0 Å². The SMILES string of the molecule is C[C@@H]1CCc2cc(SCCN)cc3c(=O)c(C(=O)O)cn1c23. The van der Waals surface area contributed by atoms with E-state index >= 15 is 0 Å². The molecule has 1 atom stereocenters. The van der Waals surface area contributed by atoms with Gasteiger partial charge < -0.3 is 15.4 Å². The van der Waals surface area contributed by atoms with Crippen LogP contribution < -0.4 is 11.2 Å². The minimum Gasteiger partial charge on any atom is -0.477 e. The van der Waals surface area contributed by atoms with E-state index in [1.165, 1.54) is 6.20 Å². The Hall–Kier alpha value is -1.79. The number of aryl methyl sites for hydroxylation is 1. The van der Waals surface area contributed by atoms with Gasteiger partial charge in [0.25, 0.3) is 0 Å². The van der Waals surface area contributed by atoms with Gasteiger partial charge in [0.15, 0.2) is 0 Å². The molecule has 1 aliphatic rings. The first-order valence-corrected chi connectivity index (χ1v) is 8.29. The van der Waals surface area contributed by atoms with Crippen LogP contribution in [0.5, 0.6) is 0 Å². The lowest BCUT2D eigenvalue weighted by Crippen LogP contribution is -2.23. The molecular formula is C16H18N2O3S. The van der Waals surface area contributed by atoms with Gasteiger partial charge in [-0.2, -0.15) is 0 Å². The zero-order valence-electron chi connectivity index (χ0n) is 12.3. The van der Waals surface area contributed by atoms with E-state index in [4.69, 9.17) is 5.73 Å². The molecule has 6 heteroatoms. The first-order chi connectivity index (χ1) is 10.5. The van der Waals surface area contributed by atoms with Crippen molar-refractivity contribution in [3.8, 4) is 0 Å². The molecule has 1 aliphatic heterocycles. The predicted octanol–water partition coefficient (Wildman–Crippen LogP) is 2.26. The molecule has 1 aromatic heterocycles. The third-order valence-corrected chi connectivity index (χ3v) is 5.11. The van der Waals surface area contributed by atoms with Crippen molar-refractivity contribution in [2.45, 2.75) is 30.7 Å². The number of carbonyl (C=O) groups is 1. The maximum atomic E-state index is 12.5. The Morgan fingerprint density at radius 1 is 1.50 bits per heavy atom. The Morgan fingerprint density at radius 2 is 2.27 bits per heavy atom. The average Bonchev–Trinajstić information content (AvgIpc) is 2.50. The molecule has 3 N–H and O–H groups in total. The molecule has 2 heterocycles. The molecule has 0 saturated heterocycles. The van der Waals surface area contributed by atoms with Crippen molar-refractivity contribution < 1.29 is 9.90 Å². The lowest BCUT2D eigenvalue weighted by molar-refractivity contribution is 0.0694. The Bertz CT molecular complexity index is 813. The Balaban J connectivity index is 2.33. The number of carboxylic acid groups (broad SMARTS) is 1. The summed E-state index contributed by atoms with van der Waals surface area (Å²) >= 11 is 1.60. The van der Waals surface area contributed by atoms with Crippen molar-refractivity contribution in [3.63, 3.8) is 0 Å². The van der Waals surface area contributed by atoms with E-state index in [1.54, 1.807) is 11.8 Å². The van der Waals surface area contributed by atoms with E-state index in [2.05, 4.69) is 13.0 Å². The van der Waals surface area contributed by atoms with Gasteiger partial charge in [-0.15, -0.1) is 11.8 Å². The number of carboxylic acids is 1. The molecular weight excluding hydrogens is 300 g/mol. The standard InChI is InChI=1S/C16H18N2O3S/c1-9-2-3-10-6-11(22-5-4-17)7-12-14(10)18(9)8-13(15(12)19)16(20)21/h6-9H,2-5,17H2,1H3,(H,20,21)/t9-/m1/s1. The van der Waals surface area contributed by atoms with E-state index in [-0.39, 0.29) is 11.6 Å². The number of hydrogen-bond acceptors (Lipinski definition) is 4. The van der Waals surface area contributed by atoms with Crippen LogP contribution >= 0.6 is 11.8 Å². The Labute approximate surface area is 132 Å². The molecule has 3 rings (SSSR count). The van der Waals surface area contributed by atoms with Crippen molar-refractivity contribution >= 4 is 28.6 Å². The minimum absolute atomic E-state index is 0.159. The Kier molecular flexibility index (Phi) is 3.97. The topological polar surface area (TPSA) is 85.3 Å². The van der Waals surface area contributed by atoms with Gasteiger partial charge in [0.2, 0.25) is 5.43 Å². The molecule has 0 bridgehead atoms. The summed E-state index contributed by atoms with van der Waals surface area (Å²) in [5.74, 6) is -0.399. The van der Waals surface area contributed by atoms with E-state index < -0.39 is 11.4 Å². The fourth-order valence-corrected chi connectivity index (χ4v) is 3.79. The van der Waals surface area contributed by atoms with Gasteiger partial charge in [-0.05, 0) is 37.5 Å². The van der Waals surface area contributed by atoms with Crippen LogP contribution in [0, 0.1) is 0 Å². The molecule has 1 aromatic carbocycles. The number of rotatable bonds is 4. The van der Waals surface area contributed by atoms with Crippen molar-refractivity contribution in [3.05, 3.63) is 39.7 Å². The van der Waals surface area contributed by atoms with Crippen molar-refractivity contribution in [1.82, 2.24) is 4.57 Å². The summed E-state index contributed by atoms with van der Waals surface area (Å²) < 4.78 is 1.94. The second kappa shape index (κ2) is 5.78. The Morgan fingerprint density at radius 3 is 2.95 bits per heavy atom. The number of pyridine rings is 1. The number of hydrogen-bond donors (Lipinski definition) is 2. The van der Waals surface area contributed by atoms with Crippen LogP contribution in [0.25, 0.3) is 10.9 Å².